The number of halogens is 1. The Kier molecular flexibility index (Phi) is 7.19. The molecule has 1 aliphatic heterocycles. The molecule has 2 aliphatic rings. The lowest BCUT2D eigenvalue weighted by molar-refractivity contribution is -0.118. The Labute approximate surface area is 172 Å². The molecular weight excluding hydrogens is 404 g/mol. The van der Waals surface area contributed by atoms with Crippen LogP contribution in [0.1, 0.15) is 41.9 Å². The van der Waals surface area contributed by atoms with Crippen LogP contribution in [0.5, 0.6) is 0 Å². The van der Waals surface area contributed by atoms with E-state index in [9.17, 15) is 9.59 Å². The Morgan fingerprint density at radius 1 is 1.30 bits per heavy atom. The second-order valence-corrected chi connectivity index (χ2v) is 9.06. The van der Waals surface area contributed by atoms with Crippen LogP contribution in [0.3, 0.4) is 0 Å². The molecule has 6 nitrogen and oxygen atoms in total. The second kappa shape index (κ2) is 9.41. The number of rotatable bonds is 6. The summed E-state index contributed by atoms with van der Waals surface area (Å²) in [7, 11) is 0. The van der Waals surface area contributed by atoms with Crippen LogP contribution in [0.15, 0.2) is 4.79 Å². The van der Waals surface area contributed by atoms with Crippen molar-refractivity contribution in [3.05, 3.63) is 26.6 Å². The molecule has 1 fully saturated rings. The predicted molar refractivity (Wildman–Crippen MR) is 114 cm³/mol. The highest BCUT2D eigenvalue weighted by Crippen LogP contribution is 2.33. The summed E-state index contributed by atoms with van der Waals surface area (Å²) in [5.41, 5.74) is 1.19. The van der Waals surface area contributed by atoms with Gasteiger partial charge < -0.3 is 15.6 Å². The number of hydrogen-bond donors (Lipinski definition) is 3. The molecule has 2 aromatic rings. The fourth-order valence-electron chi connectivity index (χ4n) is 3.74. The third-order valence-electron chi connectivity index (χ3n) is 5.05. The Hall–Kier alpha value is -1.09. The van der Waals surface area contributed by atoms with Gasteiger partial charge in [-0.2, -0.15) is 0 Å². The Morgan fingerprint density at radius 3 is 2.96 bits per heavy atom. The lowest BCUT2D eigenvalue weighted by Gasteiger charge is -2.11. The van der Waals surface area contributed by atoms with Gasteiger partial charge in [-0.25, -0.2) is 4.98 Å². The lowest BCUT2D eigenvalue weighted by Crippen LogP contribution is -2.37. The number of carbonyl (C=O) groups excluding carboxylic acids is 1. The maximum Gasteiger partial charge on any atom is 0.259 e. The van der Waals surface area contributed by atoms with E-state index in [-0.39, 0.29) is 23.9 Å². The molecule has 3 heterocycles. The summed E-state index contributed by atoms with van der Waals surface area (Å²) in [5, 5.41) is 7.13. The number of thiophene rings is 1. The van der Waals surface area contributed by atoms with Crippen molar-refractivity contribution < 1.29 is 4.79 Å². The molecule has 1 aliphatic carbocycles. The van der Waals surface area contributed by atoms with E-state index in [0.29, 0.717) is 29.9 Å². The lowest BCUT2D eigenvalue weighted by atomic mass is 9.97. The monoisotopic (exact) mass is 428 g/mol. The van der Waals surface area contributed by atoms with Gasteiger partial charge in [-0.3, -0.25) is 9.59 Å². The molecule has 1 atom stereocenters. The van der Waals surface area contributed by atoms with Gasteiger partial charge in [0.1, 0.15) is 10.7 Å². The number of amides is 1. The molecule has 148 valence electrons. The number of aromatic amines is 1. The zero-order valence-electron chi connectivity index (χ0n) is 15.1. The van der Waals surface area contributed by atoms with Crippen LogP contribution in [0.25, 0.3) is 10.2 Å². The number of thioether (sulfide) groups is 1. The Bertz CT molecular complexity index is 861. The average molecular weight is 429 g/mol. The molecule has 4 rings (SSSR count). The van der Waals surface area contributed by atoms with E-state index in [4.69, 9.17) is 0 Å². The first-order chi connectivity index (χ1) is 12.7. The second-order valence-electron chi connectivity index (χ2n) is 6.99. The van der Waals surface area contributed by atoms with Gasteiger partial charge >= 0.3 is 0 Å². The first-order valence-corrected chi connectivity index (χ1v) is 11.3. The van der Waals surface area contributed by atoms with Crippen molar-refractivity contribution in [3.63, 3.8) is 0 Å². The molecule has 9 heteroatoms. The molecule has 2 aromatic heterocycles. The maximum absolute atomic E-state index is 12.5. The number of fused-ring (bicyclic) bond motifs is 3. The topological polar surface area (TPSA) is 86.9 Å². The number of aromatic nitrogens is 2. The fourth-order valence-corrected chi connectivity index (χ4v) is 5.74. The molecule has 1 saturated heterocycles. The Morgan fingerprint density at radius 2 is 2.15 bits per heavy atom. The number of H-pyrrole nitrogens is 1. The summed E-state index contributed by atoms with van der Waals surface area (Å²) in [4.78, 5) is 34.2. The molecule has 27 heavy (non-hydrogen) atoms. The van der Waals surface area contributed by atoms with Crippen molar-refractivity contribution in [1.29, 1.82) is 0 Å². The minimum Gasteiger partial charge on any atom is -0.354 e. The van der Waals surface area contributed by atoms with Gasteiger partial charge in [0, 0.05) is 17.5 Å². The summed E-state index contributed by atoms with van der Waals surface area (Å²) >= 11 is 3.15. The third-order valence-corrected chi connectivity index (χ3v) is 7.18. The zero-order chi connectivity index (χ0) is 17.9. The summed E-state index contributed by atoms with van der Waals surface area (Å²) in [6.45, 7) is 1.74. The zero-order valence-corrected chi connectivity index (χ0v) is 17.6. The van der Waals surface area contributed by atoms with E-state index in [1.54, 1.807) is 11.3 Å². The van der Waals surface area contributed by atoms with E-state index >= 15 is 0 Å². The van der Waals surface area contributed by atoms with Crippen molar-refractivity contribution >= 4 is 51.6 Å². The highest BCUT2D eigenvalue weighted by atomic mass is 35.5. The molecule has 1 unspecified atom stereocenters. The average Bonchev–Trinajstić information content (AvgIpc) is 3.27. The quantitative estimate of drug-likeness (QED) is 0.657. The summed E-state index contributed by atoms with van der Waals surface area (Å²) in [6, 6.07) is 0.411. The van der Waals surface area contributed by atoms with Crippen LogP contribution < -0.4 is 16.2 Å². The van der Waals surface area contributed by atoms with Crippen LogP contribution in [-0.2, 0) is 23.4 Å². The first-order valence-electron chi connectivity index (χ1n) is 9.32. The minimum absolute atomic E-state index is 0. The number of nitrogens with one attached hydrogen (secondary N) is 3. The van der Waals surface area contributed by atoms with Crippen LogP contribution in [-0.4, -0.2) is 40.8 Å². The van der Waals surface area contributed by atoms with E-state index in [2.05, 4.69) is 20.6 Å². The molecular formula is C18H25ClN4O2S2. The maximum atomic E-state index is 12.5. The van der Waals surface area contributed by atoms with Crippen LogP contribution in [0.4, 0.5) is 0 Å². The van der Waals surface area contributed by atoms with Gasteiger partial charge in [-0.05, 0) is 50.6 Å². The molecule has 0 saturated carbocycles. The van der Waals surface area contributed by atoms with Crippen molar-refractivity contribution in [2.45, 2.75) is 50.3 Å². The van der Waals surface area contributed by atoms with Gasteiger partial charge in [0.15, 0.2) is 0 Å². The van der Waals surface area contributed by atoms with Gasteiger partial charge in [0.05, 0.1) is 16.9 Å². The van der Waals surface area contributed by atoms with Gasteiger partial charge in [0.25, 0.3) is 5.56 Å². The number of carbonyl (C=O) groups is 1. The first kappa shape index (κ1) is 20.6. The Balaban J connectivity index is 0.00000210. The molecule has 0 bridgehead atoms. The SMILES string of the molecule is Cl.O=C(CSCc1nc2sc3c(c2c(=O)[nH]1)CCCC3)NCC1CCCN1. The number of hydrogen-bond acceptors (Lipinski definition) is 6. The summed E-state index contributed by atoms with van der Waals surface area (Å²) < 4.78 is 0. The normalized spacial score (nSPS) is 18.9. The van der Waals surface area contributed by atoms with Crippen LogP contribution >= 0.6 is 35.5 Å². The summed E-state index contributed by atoms with van der Waals surface area (Å²) in [5.74, 6) is 1.63. The fraction of sp³-hybridized carbons (Fsp3) is 0.611. The smallest absolute Gasteiger partial charge is 0.259 e. The number of aryl methyl sites for hydroxylation is 2. The molecule has 1 amide bonds. The third kappa shape index (κ3) is 4.85. The number of nitrogens with zero attached hydrogens (tertiary/aromatic N) is 1. The van der Waals surface area contributed by atoms with E-state index in [1.165, 1.54) is 35.0 Å². The van der Waals surface area contributed by atoms with Crippen LogP contribution in [0.2, 0.25) is 0 Å². The van der Waals surface area contributed by atoms with E-state index < -0.39 is 0 Å². The molecule has 3 N–H and O–H groups in total. The largest absolute Gasteiger partial charge is 0.354 e. The highest BCUT2D eigenvalue weighted by molar-refractivity contribution is 7.99. The molecule has 0 radical (unpaired) electrons. The van der Waals surface area contributed by atoms with E-state index in [1.807, 2.05) is 0 Å². The van der Waals surface area contributed by atoms with Crippen LogP contribution in [0, 0.1) is 0 Å². The van der Waals surface area contributed by atoms with Crippen molar-refractivity contribution in [1.82, 2.24) is 20.6 Å². The van der Waals surface area contributed by atoms with E-state index in [0.717, 1.165) is 42.4 Å². The predicted octanol–water partition coefficient (Wildman–Crippen LogP) is 2.39. The van der Waals surface area contributed by atoms with Gasteiger partial charge in [-0.15, -0.1) is 35.5 Å². The van der Waals surface area contributed by atoms with Crippen molar-refractivity contribution in [2.75, 3.05) is 18.8 Å². The standard InChI is InChI=1S/C18H24N4O2S2.ClH/c23-15(20-8-11-4-3-7-19-11)10-25-9-14-21-17(24)16-12-5-1-2-6-13(12)26-18(16)22-14;/h11,19H,1-10H2,(H,20,23)(H,21,22,24);1H. The van der Waals surface area contributed by atoms with Gasteiger partial charge in [0.2, 0.25) is 5.91 Å². The van der Waals surface area contributed by atoms with Gasteiger partial charge in [-0.1, -0.05) is 0 Å². The van der Waals surface area contributed by atoms with Crippen molar-refractivity contribution in [3.8, 4) is 0 Å². The minimum atomic E-state index is -0.0261. The summed E-state index contributed by atoms with van der Waals surface area (Å²) in [6.07, 6.45) is 6.72. The van der Waals surface area contributed by atoms with Crippen molar-refractivity contribution in [2.24, 2.45) is 0 Å². The molecule has 0 spiro atoms. The molecule has 0 aromatic carbocycles. The highest BCUT2D eigenvalue weighted by Gasteiger charge is 2.20.